The highest BCUT2D eigenvalue weighted by Gasteiger charge is 2.40. The Bertz CT molecular complexity index is 1370. The SMILES string of the molecule is CC1Oc2ccc(NC(=O)C(C)N3C(=O)c4ccccc4C3=O)cc2N(Cc2ccc(Cl)cc2)C1=O. The summed E-state index contributed by atoms with van der Waals surface area (Å²) in [6, 6.07) is 17.6. The van der Waals surface area contributed by atoms with Crippen LogP contribution in [0.25, 0.3) is 0 Å². The zero-order valence-corrected chi connectivity index (χ0v) is 20.3. The molecule has 2 aliphatic rings. The van der Waals surface area contributed by atoms with Gasteiger partial charge in [0.2, 0.25) is 5.91 Å². The number of halogens is 1. The van der Waals surface area contributed by atoms with E-state index in [0.29, 0.717) is 28.7 Å². The average molecular weight is 504 g/mol. The Balaban J connectivity index is 1.38. The Hall–Kier alpha value is -4.17. The van der Waals surface area contributed by atoms with E-state index in [1.54, 1.807) is 66.4 Å². The fourth-order valence-electron chi connectivity index (χ4n) is 4.34. The summed E-state index contributed by atoms with van der Waals surface area (Å²) in [5.41, 5.74) is 2.33. The summed E-state index contributed by atoms with van der Waals surface area (Å²) in [7, 11) is 0. The van der Waals surface area contributed by atoms with E-state index in [9.17, 15) is 19.2 Å². The van der Waals surface area contributed by atoms with Gasteiger partial charge in [0.05, 0.1) is 23.4 Å². The molecule has 0 spiro atoms. The second kappa shape index (κ2) is 9.13. The standard InChI is InChI=1S/C27H22ClN3O5/c1-15(31-26(34)20-5-3-4-6-21(20)27(31)35)24(32)29-19-11-12-23-22(13-19)30(25(33)16(2)36-23)14-17-7-9-18(28)10-8-17/h3-13,15-16H,14H2,1-2H3,(H,29,32). The molecule has 0 aliphatic carbocycles. The number of carbonyl (C=O) groups excluding carboxylic acids is 4. The second-order valence-corrected chi connectivity index (χ2v) is 9.12. The summed E-state index contributed by atoms with van der Waals surface area (Å²) >= 11 is 5.99. The normalized spacial score (nSPS) is 17.4. The highest BCUT2D eigenvalue weighted by molar-refractivity contribution is 6.30. The van der Waals surface area contributed by atoms with E-state index in [4.69, 9.17) is 16.3 Å². The molecule has 0 saturated heterocycles. The van der Waals surface area contributed by atoms with Crippen LogP contribution in [0, 0.1) is 0 Å². The molecule has 1 N–H and O–H groups in total. The van der Waals surface area contributed by atoms with Crippen LogP contribution in [-0.4, -0.2) is 40.7 Å². The molecule has 5 rings (SSSR count). The first kappa shape index (κ1) is 23.6. The van der Waals surface area contributed by atoms with Crippen LogP contribution in [0.1, 0.15) is 40.1 Å². The Labute approximate surface area is 212 Å². The number of ether oxygens (including phenoxy) is 1. The number of nitrogens with one attached hydrogen (secondary N) is 1. The average Bonchev–Trinajstić information content (AvgIpc) is 3.13. The molecule has 2 atom stereocenters. The van der Waals surface area contributed by atoms with Crippen molar-refractivity contribution in [1.82, 2.24) is 4.90 Å². The van der Waals surface area contributed by atoms with Crippen molar-refractivity contribution >= 4 is 46.6 Å². The van der Waals surface area contributed by atoms with Gasteiger partial charge < -0.3 is 15.0 Å². The van der Waals surface area contributed by atoms with E-state index in [1.807, 2.05) is 12.1 Å². The van der Waals surface area contributed by atoms with Crippen molar-refractivity contribution in [2.75, 3.05) is 10.2 Å². The molecule has 0 fully saturated rings. The lowest BCUT2D eigenvalue weighted by Gasteiger charge is -2.33. The number of benzene rings is 3. The number of hydrogen-bond acceptors (Lipinski definition) is 5. The van der Waals surface area contributed by atoms with E-state index in [1.165, 1.54) is 6.92 Å². The third-order valence-corrected chi connectivity index (χ3v) is 6.53. The molecule has 182 valence electrons. The quantitative estimate of drug-likeness (QED) is 0.524. The minimum absolute atomic E-state index is 0.222. The van der Waals surface area contributed by atoms with Crippen molar-refractivity contribution in [1.29, 1.82) is 0 Å². The molecule has 8 nitrogen and oxygen atoms in total. The van der Waals surface area contributed by atoms with Gasteiger partial charge in [-0.1, -0.05) is 35.9 Å². The fourth-order valence-corrected chi connectivity index (χ4v) is 4.47. The Kier molecular flexibility index (Phi) is 5.97. The molecular weight excluding hydrogens is 482 g/mol. The molecule has 3 aromatic carbocycles. The summed E-state index contributed by atoms with van der Waals surface area (Å²) < 4.78 is 5.76. The van der Waals surface area contributed by atoms with Crippen LogP contribution in [0.15, 0.2) is 66.7 Å². The molecule has 0 aromatic heterocycles. The Morgan fingerprint density at radius 2 is 1.64 bits per heavy atom. The van der Waals surface area contributed by atoms with E-state index < -0.39 is 29.9 Å². The van der Waals surface area contributed by atoms with Crippen molar-refractivity contribution in [3.05, 3.63) is 88.4 Å². The number of amides is 4. The number of carbonyl (C=O) groups is 4. The van der Waals surface area contributed by atoms with Crippen molar-refractivity contribution in [2.24, 2.45) is 0 Å². The lowest BCUT2D eigenvalue weighted by molar-refractivity contribution is -0.125. The largest absolute Gasteiger partial charge is 0.479 e. The van der Waals surface area contributed by atoms with Gasteiger partial charge in [0, 0.05) is 10.7 Å². The highest BCUT2D eigenvalue weighted by atomic mass is 35.5. The van der Waals surface area contributed by atoms with Gasteiger partial charge >= 0.3 is 0 Å². The third kappa shape index (κ3) is 4.09. The highest BCUT2D eigenvalue weighted by Crippen LogP contribution is 2.37. The maximum absolute atomic E-state index is 13.0. The van der Waals surface area contributed by atoms with E-state index in [0.717, 1.165) is 10.5 Å². The van der Waals surface area contributed by atoms with E-state index >= 15 is 0 Å². The topological polar surface area (TPSA) is 96.0 Å². The number of fused-ring (bicyclic) bond motifs is 2. The molecule has 9 heteroatoms. The minimum Gasteiger partial charge on any atom is -0.479 e. The molecule has 4 amide bonds. The van der Waals surface area contributed by atoms with Crippen LogP contribution < -0.4 is 15.0 Å². The number of nitrogens with zero attached hydrogens (tertiary/aromatic N) is 2. The Morgan fingerprint density at radius 1 is 1.00 bits per heavy atom. The Morgan fingerprint density at radius 3 is 2.28 bits per heavy atom. The van der Waals surface area contributed by atoms with Crippen LogP contribution >= 0.6 is 11.6 Å². The van der Waals surface area contributed by atoms with Crippen LogP contribution in [-0.2, 0) is 16.1 Å². The first-order valence-corrected chi connectivity index (χ1v) is 11.8. The zero-order valence-electron chi connectivity index (χ0n) is 19.5. The summed E-state index contributed by atoms with van der Waals surface area (Å²) in [5, 5.41) is 3.35. The molecule has 2 heterocycles. The summed E-state index contributed by atoms with van der Waals surface area (Å²) in [4.78, 5) is 54.1. The van der Waals surface area contributed by atoms with Crippen LogP contribution in [0.2, 0.25) is 5.02 Å². The van der Waals surface area contributed by atoms with Crippen molar-refractivity contribution in [3.63, 3.8) is 0 Å². The van der Waals surface area contributed by atoms with Gasteiger partial charge in [0.15, 0.2) is 6.10 Å². The molecule has 2 aliphatic heterocycles. The number of hydrogen-bond donors (Lipinski definition) is 1. The molecule has 0 saturated carbocycles. The number of imide groups is 1. The maximum Gasteiger partial charge on any atom is 0.268 e. The summed E-state index contributed by atoms with van der Waals surface area (Å²) in [5.74, 6) is -1.27. The van der Waals surface area contributed by atoms with Crippen molar-refractivity contribution < 1.29 is 23.9 Å². The molecule has 0 radical (unpaired) electrons. The van der Waals surface area contributed by atoms with Gasteiger partial charge in [-0.2, -0.15) is 0 Å². The number of anilines is 2. The predicted octanol–water partition coefficient (Wildman–Crippen LogP) is 4.28. The van der Waals surface area contributed by atoms with Gasteiger partial charge in [0.25, 0.3) is 17.7 Å². The first-order valence-electron chi connectivity index (χ1n) is 11.4. The molecule has 36 heavy (non-hydrogen) atoms. The number of rotatable bonds is 5. The van der Waals surface area contributed by atoms with Crippen LogP contribution in [0.4, 0.5) is 11.4 Å². The van der Waals surface area contributed by atoms with Gasteiger partial charge in [-0.05, 0) is 61.9 Å². The molecule has 3 aromatic rings. The van der Waals surface area contributed by atoms with Gasteiger partial charge in [-0.3, -0.25) is 24.1 Å². The van der Waals surface area contributed by atoms with Gasteiger partial charge in [-0.25, -0.2) is 0 Å². The maximum atomic E-state index is 13.0. The zero-order chi connectivity index (χ0) is 25.6. The third-order valence-electron chi connectivity index (χ3n) is 6.28. The smallest absolute Gasteiger partial charge is 0.268 e. The monoisotopic (exact) mass is 503 g/mol. The van der Waals surface area contributed by atoms with Crippen LogP contribution in [0.5, 0.6) is 5.75 Å². The summed E-state index contributed by atoms with van der Waals surface area (Å²) in [6.07, 6.45) is -0.668. The van der Waals surface area contributed by atoms with Crippen LogP contribution in [0.3, 0.4) is 0 Å². The van der Waals surface area contributed by atoms with Crippen molar-refractivity contribution in [2.45, 2.75) is 32.5 Å². The predicted molar refractivity (Wildman–Crippen MR) is 134 cm³/mol. The van der Waals surface area contributed by atoms with Gasteiger partial charge in [-0.15, -0.1) is 0 Å². The second-order valence-electron chi connectivity index (χ2n) is 8.68. The van der Waals surface area contributed by atoms with Crippen molar-refractivity contribution in [3.8, 4) is 5.75 Å². The minimum atomic E-state index is -1.04. The fraction of sp³-hybridized carbons (Fsp3) is 0.185. The van der Waals surface area contributed by atoms with E-state index in [2.05, 4.69) is 5.32 Å². The van der Waals surface area contributed by atoms with E-state index in [-0.39, 0.29) is 17.0 Å². The first-order chi connectivity index (χ1) is 17.2. The van der Waals surface area contributed by atoms with Gasteiger partial charge in [0.1, 0.15) is 11.8 Å². The molecule has 0 bridgehead atoms. The lowest BCUT2D eigenvalue weighted by atomic mass is 10.1. The molecule has 2 unspecified atom stereocenters. The summed E-state index contributed by atoms with van der Waals surface area (Å²) in [6.45, 7) is 3.47. The lowest BCUT2D eigenvalue weighted by Crippen LogP contribution is -2.45. The molecular formula is C27H22ClN3O5.